The number of hydrogen-bond donors (Lipinski definition) is 0. The molecule has 0 heterocycles. The predicted molar refractivity (Wildman–Crippen MR) is 74.1 cm³/mol. The summed E-state index contributed by atoms with van der Waals surface area (Å²) in [4.78, 5) is 10.9. The lowest BCUT2D eigenvalue weighted by molar-refractivity contribution is -0.136. The van der Waals surface area contributed by atoms with Crippen molar-refractivity contribution in [1.82, 2.24) is 0 Å². The van der Waals surface area contributed by atoms with Gasteiger partial charge in [0.25, 0.3) is 0 Å². The molecule has 5 heteroatoms. The number of alkyl halides is 3. The third-order valence-corrected chi connectivity index (χ3v) is 3.54. The molecule has 1 aliphatic carbocycles. The molecule has 1 atom stereocenters. The van der Waals surface area contributed by atoms with E-state index >= 15 is 0 Å². The fourth-order valence-electron chi connectivity index (χ4n) is 2.37. The summed E-state index contributed by atoms with van der Waals surface area (Å²) in [5, 5.41) is 0. The second kappa shape index (κ2) is 6.33. The Morgan fingerprint density at radius 2 is 2.14 bits per heavy atom. The number of rotatable bonds is 5. The Hall–Kier alpha value is -1.78. The van der Waals surface area contributed by atoms with Crippen molar-refractivity contribution in [2.24, 2.45) is 5.92 Å². The first-order valence-corrected chi connectivity index (χ1v) is 6.88. The molecule has 0 saturated heterocycles. The second-order valence-corrected chi connectivity index (χ2v) is 5.30. The van der Waals surface area contributed by atoms with Gasteiger partial charge in [0.2, 0.25) is 0 Å². The van der Waals surface area contributed by atoms with Gasteiger partial charge in [0.05, 0.1) is 6.61 Å². The summed E-state index contributed by atoms with van der Waals surface area (Å²) in [6.45, 7) is 2.02. The van der Waals surface area contributed by atoms with Crippen LogP contribution in [0.4, 0.5) is 13.2 Å². The number of allylic oxidation sites excluding steroid dienone is 1. The van der Waals surface area contributed by atoms with Crippen LogP contribution in [0.15, 0.2) is 23.8 Å². The molecule has 0 saturated carbocycles. The van der Waals surface area contributed by atoms with Crippen LogP contribution in [0.5, 0.6) is 5.75 Å². The minimum Gasteiger partial charge on any atom is -0.494 e. The Kier molecular flexibility index (Phi) is 4.70. The highest BCUT2D eigenvalue weighted by atomic mass is 19.4. The number of aldehydes is 1. The van der Waals surface area contributed by atoms with Crippen LogP contribution in [-0.4, -0.2) is 19.1 Å². The van der Waals surface area contributed by atoms with Gasteiger partial charge in [0.1, 0.15) is 12.0 Å². The number of fused-ring (bicyclic) bond motifs is 1. The van der Waals surface area contributed by atoms with Crippen LogP contribution in [-0.2, 0) is 11.2 Å². The van der Waals surface area contributed by atoms with Crippen molar-refractivity contribution in [3.63, 3.8) is 0 Å². The van der Waals surface area contributed by atoms with Crippen LogP contribution in [0.1, 0.15) is 30.9 Å². The van der Waals surface area contributed by atoms with E-state index in [1.54, 1.807) is 6.07 Å². The quantitative estimate of drug-likeness (QED) is 0.602. The molecular weight excluding hydrogens is 281 g/mol. The number of benzene rings is 1. The lowest BCUT2D eigenvalue weighted by Gasteiger charge is -2.20. The van der Waals surface area contributed by atoms with E-state index in [0.29, 0.717) is 5.75 Å². The summed E-state index contributed by atoms with van der Waals surface area (Å²) in [6.07, 6.45) is -1.56. The lowest BCUT2D eigenvalue weighted by Crippen LogP contribution is -2.12. The molecule has 0 amide bonds. The summed E-state index contributed by atoms with van der Waals surface area (Å²) in [5.74, 6) is 0.724. The predicted octanol–water partition coefficient (Wildman–Crippen LogP) is 4.18. The fourth-order valence-corrected chi connectivity index (χ4v) is 2.37. The number of carbonyl (C=O) groups excluding carboxylic acids is 1. The maximum atomic E-state index is 12.0. The van der Waals surface area contributed by atoms with Gasteiger partial charge >= 0.3 is 6.18 Å². The average Bonchev–Trinajstić information content (AvgIpc) is 2.41. The number of ether oxygens (including phenoxy) is 1. The average molecular weight is 298 g/mol. The van der Waals surface area contributed by atoms with Crippen LogP contribution in [0, 0.1) is 5.92 Å². The van der Waals surface area contributed by atoms with Gasteiger partial charge in [-0.15, -0.1) is 0 Å². The molecular formula is C16H17F3O2. The Morgan fingerprint density at radius 3 is 2.81 bits per heavy atom. The molecule has 1 aliphatic rings. The molecule has 0 fully saturated rings. The van der Waals surface area contributed by atoms with Crippen molar-refractivity contribution < 1.29 is 22.7 Å². The van der Waals surface area contributed by atoms with Crippen LogP contribution in [0.25, 0.3) is 6.08 Å². The Morgan fingerprint density at radius 1 is 1.38 bits per heavy atom. The molecule has 2 rings (SSSR count). The molecule has 0 bridgehead atoms. The van der Waals surface area contributed by atoms with Crippen molar-refractivity contribution in [2.45, 2.75) is 32.4 Å². The highest BCUT2D eigenvalue weighted by molar-refractivity contribution is 5.84. The van der Waals surface area contributed by atoms with Crippen LogP contribution in [0.2, 0.25) is 0 Å². The van der Waals surface area contributed by atoms with Gasteiger partial charge in [-0.2, -0.15) is 13.2 Å². The minimum absolute atomic E-state index is 0.0449. The second-order valence-electron chi connectivity index (χ2n) is 5.30. The maximum absolute atomic E-state index is 12.0. The van der Waals surface area contributed by atoms with E-state index in [9.17, 15) is 18.0 Å². The van der Waals surface area contributed by atoms with Crippen LogP contribution < -0.4 is 4.74 Å². The standard InChI is InChI=1S/C16H17F3O2/c1-11-7-13-9-15(21-6-2-5-16(17,18)19)4-3-12(13)8-14(11)10-20/h3-4,8-11H,2,5-7H2,1H3/t11-/m1/s1. The highest BCUT2D eigenvalue weighted by Crippen LogP contribution is 2.30. The molecule has 0 spiro atoms. The first-order chi connectivity index (χ1) is 9.89. The summed E-state index contributed by atoms with van der Waals surface area (Å²) in [5.41, 5.74) is 2.79. The zero-order valence-electron chi connectivity index (χ0n) is 11.7. The monoisotopic (exact) mass is 298 g/mol. The normalized spacial score (nSPS) is 17.9. The van der Waals surface area contributed by atoms with Gasteiger partial charge < -0.3 is 4.74 Å². The minimum atomic E-state index is -4.13. The van der Waals surface area contributed by atoms with Gasteiger partial charge in [-0.05, 0) is 53.7 Å². The van der Waals surface area contributed by atoms with Gasteiger partial charge in [-0.1, -0.05) is 13.0 Å². The molecule has 114 valence electrons. The van der Waals surface area contributed by atoms with Gasteiger partial charge in [0.15, 0.2) is 0 Å². The maximum Gasteiger partial charge on any atom is 0.389 e. The molecule has 0 aliphatic heterocycles. The van der Waals surface area contributed by atoms with E-state index in [1.165, 1.54) is 0 Å². The SMILES string of the molecule is C[C@@H]1Cc2cc(OCCCC(F)(F)F)ccc2C=C1C=O. The van der Waals surface area contributed by atoms with Crippen molar-refractivity contribution in [2.75, 3.05) is 6.61 Å². The molecule has 1 aromatic carbocycles. The van der Waals surface area contributed by atoms with E-state index in [4.69, 9.17) is 4.74 Å². The summed E-state index contributed by atoms with van der Waals surface area (Å²) in [6, 6.07) is 5.41. The highest BCUT2D eigenvalue weighted by Gasteiger charge is 2.26. The van der Waals surface area contributed by atoms with E-state index in [-0.39, 0.29) is 18.9 Å². The fraction of sp³-hybridized carbons (Fsp3) is 0.438. The Balaban J connectivity index is 1.98. The first kappa shape index (κ1) is 15.6. The third-order valence-electron chi connectivity index (χ3n) is 3.54. The number of hydrogen-bond acceptors (Lipinski definition) is 2. The zero-order valence-corrected chi connectivity index (χ0v) is 11.7. The molecule has 0 N–H and O–H groups in total. The molecule has 21 heavy (non-hydrogen) atoms. The van der Waals surface area contributed by atoms with Crippen molar-refractivity contribution in [3.8, 4) is 5.75 Å². The molecule has 0 radical (unpaired) electrons. The Bertz CT molecular complexity index is 547. The molecule has 0 unspecified atom stereocenters. The Labute approximate surface area is 121 Å². The summed E-state index contributed by atoms with van der Waals surface area (Å²) < 4.78 is 41.5. The molecule has 2 nitrogen and oxygen atoms in total. The summed E-state index contributed by atoms with van der Waals surface area (Å²) >= 11 is 0. The molecule has 0 aromatic heterocycles. The topological polar surface area (TPSA) is 26.3 Å². The molecule has 1 aromatic rings. The van der Waals surface area contributed by atoms with Gasteiger partial charge in [-0.3, -0.25) is 4.79 Å². The van der Waals surface area contributed by atoms with Crippen molar-refractivity contribution in [1.29, 1.82) is 0 Å². The van der Waals surface area contributed by atoms with Crippen molar-refractivity contribution >= 4 is 12.4 Å². The van der Waals surface area contributed by atoms with E-state index in [2.05, 4.69) is 0 Å². The number of halogens is 3. The zero-order chi connectivity index (χ0) is 15.5. The van der Waals surface area contributed by atoms with Gasteiger partial charge in [0, 0.05) is 6.42 Å². The summed E-state index contributed by atoms with van der Waals surface area (Å²) in [7, 11) is 0. The van der Waals surface area contributed by atoms with E-state index in [1.807, 2.05) is 25.1 Å². The van der Waals surface area contributed by atoms with Crippen LogP contribution >= 0.6 is 0 Å². The van der Waals surface area contributed by atoms with E-state index in [0.717, 1.165) is 29.4 Å². The first-order valence-electron chi connectivity index (χ1n) is 6.88. The largest absolute Gasteiger partial charge is 0.494 e. The van der Waals surface area contributed by atoms with E-state index < -0.39 is 12.6 Å². The number of carbonyl (C=O) groups is 1. The van der Waals surface area contributed by atoms with Gasteiger partial charge in [-0.25, -0.2) is 0 Å². The third kappa shape index (κ3) is 4.34. The van der Waals surface area contributed by atoms with Crippen LogP contribution in [0.3, 0.4) is 0 Å². The smallest absolute Gasteiger partial charge is 0.389 e. The van der Waals surface area contributed by atoms with Crippen molar-refractivity contribution in [3.05, 3.63) is 34.9 Å². The lowest BCUT2D eigenvalue weighted by atomic mass is 9.85.